The summed E-state index contributed by atoms with van der Waals surface area (Å²) in [5.74, 6) is -1.46. The fourth-order valence-electron chi connectivity index (χ4n) is 5.15. The Morgan fingerprint density at radius 2 is 1.80 bits per heavy atom. The predicted molar refractivity (Wildman–Crippen MR) is 119 cm³/mol. The van der Waals surface area contributed by atoms with Crippen LogP contribution in [0.25, 0.3) is 11.4 Å². The maximum atomic E-state index is 13.9. The number of nitrogens with zero attached hydrogens (tertiary/aromatic N) is 5. The highest BCUT2D eigenvalue weighted by Gasteiger charge is 2.65. The molecule has 0 unspecified atom stereocenters. The highest BCUT2D eigenvalue weighted by Crippen LogP contribution is 2.66. The third kappa shape index (κ3) is 4.19. The third-order valence-electron chi connectivity index (χ3n) is 6.54. The fraction of sp³-hybridized carbons (Fsp3) is 0.391. The van der Waals surface area contributed by atoms with Gasteiger partial charge in [0.25, 0.3) is 5.91 Å². The molecule has 3 fully saturated rings. The molecule has 182 valence electrons. The summed E-state index contributed by atoms with van der Waals surface area (Å²) in [7, 11) is 1.59. The van der Waals surface area contributed by atoms with Crippen molar-refractivity contribution in [1.82, 2.24) is 30.0 Å². The van der Waals surface area contributed by atoms with E-state index in [1.807, 2.05) is 0 Å². The smallest absolute Gasteiger partial charge is 0.413 e. The second-order valence-electron chi connectivity index (χ2n) is 9.61. The van der Waals surface area contributed by atoms with Crippen molar-refractivity contribution in [2.45, 2.75) is 44.8 Å². The van der Waals surface area contributed by atoms with Gasteiger partial charge in [-0.2, -0.15) is 9.49 Å². The van der Waals surface area contributed by atoms with Gasteiger partial charge in [-0.1, -0.05) is 6.92 Å². The highest BCUT2D eigenvalue weighted by molar-refractivity contribution is 5.95. The van der Waals surface area contributed by atoms with Gasteiger partial charge in [0.1, 0.15) is 17.7 Å². The lowest BCUT2D eigenvalue weighted by Crippen LogP contribution is -2.73. The topological polar surface area (TPSA) is 124 Å². The zero-order chi connectivity index (χ0) is 25.0. The van der Waals surface area contributed by atoms with Gasteiger partial charge in [0.15, 0.2) is 5.82 Å². The van der Waals surface area contributed by atoms with Crippen LogP contribution in [0, 0.1) is 17.2 Å². The number of aryl methyl sites for hydroxylation is 1. The van der Waals surface area contributed by atoms with Crippen LogP contribution in [0.1, 0.15) is 55.1 Å². The van der Waals surface area contributed by atoms with Crippen LogP contribution in [0.15, 0.2) is 30.9 Å². The molecule has 0 aliphatic heterocycles. The molecule has 12 heteroatoms. The van der Waals surface area contributed by atoms with E-state index in [0.29, 0.717) is 16.5 Å². The molecule has 3 aromatic rings. The summed E-state index contributed by atoms with van der Waals surface area (Å²) in [6.07, 6.45) is 5.97. The van der Waals surface area contributed by atoms with Gasteiger partial charge in [0, 0.05) is 25.0 Å². The van der Waals surface area contributed by atoms with E-state index in [1.54, 1.807) is 7.05 Å². The Bertz CT molecular complexity index is 1310. The Morgan fingerprint density at radius 1 is 1.11 bits per heavy atom. The summed E-state index contributed by atoms with van der Waals surface area (Å²) >= 11 is 0. The van der Waals surface area contributed by atoms with Crippen LogP contribution in [-0.4, -0.2) is 42.3 Å². The van der Waals surface area contributed by atoms with E-state index in [1.165, 1.54) is 30.2 Å². The number of hydrogen-bond acceptors (Lipinski definition) is 7. The molecule has 35 heavy (non-hydrogen) atoms. The van der Waals surface area contributed by atoms with Gasteiger partial charge in [0.05, 0.1) is 29.1 Å². The summed E-state index contributed by atoms with van der Waals surface area (Å²) in [5, 5.41) is 9.72. The molecule has 3 aromatic heterocycles. The number of halogens is 2. The average Bonchev–Trinajstić information content (AvgIpc) is 3.13. The van der Waals surface area contributed by atoms with Crippen molar-refractivity contribution < 1.29 is 23.1 Å². The molecule has 2 bridgehead atoms. The zero-order valence-electron chi connectivity index (χ0n) is 19.3. The van der Waals surface area contributed by atoms with Gasteiger partial charge in [-0.25, -0.2) is 24.1 Å². The van der Waals surface area contributed by atoms with Crippen molar-refractivity contribution in [1.29, 1.82) is 0 Å². The molecule has 2 amide bonds. The quantitative estimate of drug-likeness (QED) is 0.514. The van der Waals surface area contributed by atoms with Crippen molar-refractivity contribution in [3.63, 3.8) is 0 Å². The van der Waals surface area contributed by atoms with Crippen LogP contribution < -0.4 is 10.6 Å². The van der Waals surface area contributed by atoms with E-state index in [9.17, 15) is 18.4 Å². The van der Waals surface area contributed by atoms with Crippen molar-refractivity contribution in [2.24, 2.45) is 12.5 Å². The molecule has 0 aromatic carbocycles. The SMILES string of the molecule is C[C@@H](OC(=O)Nc1c(-c2ncc(C(=O)NC34CC(C)(C3)C4)cn2)cnn1C)c1cc(F)cnc1F. The van der Waals surface area contributed by atoms with Crippen molar-refractivity contribution in [3.05, 3.63) is 53.7 Å². The summed E-state index contributed by atoms with van der Waals surface area (Å²) < 4.78 is 33.8. The molecule has 1 atom stereocenters. The Labute approximate surface area is 199 Å². The third-order valence-corrected chi connectivity index (χ3v) is 6.54. The molecule has 0 radical (unpaired) electrons. The van der Waals surface area contributed by atoms with E-state index >= 15 is 0 Å². The molecule has 10 nitrogen and oxygen atoms in total. The van der Waals surface area contributed by atoms with E-state index in [-0.39, 0.29) is 28.7 Å². The first-order chi connectivity index (χ1) is 16.6. The molecule has 3 aliphatic rings. The number of pyridine rings is 1. The Hall–Kier alpha value is -3.96. The summed E-state index contributed by atoms with van der Waals surface area (Å²) in [5.41, 5.74) is 0.803. The number of carbonyl (C=O) groups excluding carboxylic acids is 2. The maximum Gasteiger partial charge on any atom is 0.413 e. The summed E-state index contributed by atoms with van der Waals surface area (Å²) in [6, 6.07) is 0.912. The van der Waals surface area contributed by atoms with Crippen molar-refractivity contribution >= 4 is 17.8 Å². The van der Waals surface area contributed by atoms with Crippen LogP contribution in [0.5, 0.6) is 0 Å². The van der Waals surface area contributed by atoms with Gasteiger partial charge in [0.2, 0.25) is 5.95 Å². The van der Waals surface area contributed by atoms with Crippen LogP contribution >= 0.6 is 0 Å². The summed E-state index contributed by atoms with van der Waals surface area (Å²) in [4.78, 5) is 36.9. The van der Waals surface area contributed by atoms with Gasteiger partial charge < -0.3 is 10.1 Å². The number of rotatable bonds is 6. The first kappa shape index (κ1) is 22.8. The molecular weight excluding hydrogens is 460 g/mol. The van der Waals surface area contributed by atoms with E-state index in [2.05, 4.69) is 37.6 Å². The highest BCUT2D eigenvalue weighted by atomic mass is 19.1. The van der Waals surface area contributed by atoms with Gasteiger partial charge in [-0.15, -0.1) is 0 Å². The number of nitrogens with one attached hydrogen (secondary N) is 2. The standard InChI is InChI=1S/C23H23F2N7O3/c1-12(15-4-14(24)7-26-17(15)25)35-21(34)30-19-16(8-29-32(19)3)18-27-5-13(6-28-18)20(33)31-23-9-22(2,10-23)11-23/h4-8,12H,9-11H2,1-3H3,(H,30,34)(H,31,33)/t12-,22?,23?/m1/s1. The lowest BCUT2D eigenvalue weighted by Gasteiger charge is -2.69. The van der Waals surface area contributed by atoms with Crippen LogP contribution in [0.3, 0.4) is 0 Å². The van der Waals surface area contributed by atoms with Crippen LogP contribution in [0.2, 0.25) is 0 Å². The number of amides is 2. The van der Waals surface area contributed by atoms with Gasteiger partial charge in [-0.05, 0) is 37.7 Å². The monoisotopic (exact) mass is 483 g/mol. The van der Waals surface area contributed by atoms with Crippen molar-refractivity contribution in [3.8, 4) is 11.4 Å². The molecule has 3 aliphatic carbocycles. The minimum absolute atomic E-state index is 0.0903. The average molecular weight is 483 g/mol. The van der Waals surface area contributed by atoms with E-state index < -0.39 is 24.0 Å². The first-order valence-electron chi connectivity index (χ1n) is 11.0. The molecule has 3 saturated carbocycles. The predicted octanol–water partition coefficient (Wildman–Crippen LogP) is 3.53. The lowest BCUT2D eigenvalue weighted by molar-refractivity contribution is -0.132. The molecule has 6 rings (SSSR count). The van der Waals surface area contributed by atoms with Gasteiger partial charge in [-0.3, -0.25) is 14.8 Å². The number of carbonyl (C=O) groups is 2. The maximum absolute atomic E-state index is 13.9. The molecule has 3 heterocycles. The van der Waals surface area contributed by atoms with E-state index in [4.69, 9.17) is 4.74 Å². The second kappa shape index (κ2) is 8.07. The van der Waals surface area contributed by atoms with Crippen molar-refractivity contribution in [2.75, 3.05) is 5.32 Å². The van der Waals surface area contributed by atoms with E-state index in [0.717, 1.165) is 31.5 Å². The first-order valence-corrected chi connectivity index (χ1v) is 11.0. The minimum atomic E-state index is -1.10. The lowest BCUT2D eigenvalue weighted by atomic mass is 9.40. The Morgan fingerprint density at radius 3 is 2.46 bits per heavy atom. The number of ether oxygens (including phenoxy) is 1. The Kier molecular flexibility index (Phi) is 5.26. The molecule has 0 spiro atoms. The molecular formula is C23H23F2N7O3. The molecule has 2 N–H and O–H groups in total. The molecule has 0 saturated heterocycles. The second-order valence-corrected chi connectivity index (χ2v) is 9.61. The largest absolute Gasteiger partial charge is 0.441 e. The van der Waals surface area contributed by atoms with Crippen LogP contribution in [0.4, 0.5) is 19.4 Å². The fourth-order valence-corrected chi connectivity index (χ4v) is 5.15. The van der Waals surface area contributed by atoms with Crippen LogP contribution in [-0.2, 0) is 11.8 Å². The normalized spacial score (nSPS) is 23.0. The number of aromatic nitrogens is 5. The minimum Gasteiger partial charge on any atom is -0.441 e. The number of anilines is 1. The summed E-state index contributed by atoms with van der Waals surface area (Å²) in [6.45, 7) is 3.61. The number of hydrogen-bond donors (Lipinski definition) is 2. The van der Waals surface area contributed by atoms with Gasteiger partial charge >= 0.3 is 6.09 Å². The zero-order valence-corrected chi connectivity index (χ0v) is 19.3. The Balaban J connectivity index is 1.26.